The normalized spacial score (nSPS) is 15.3. The number of rotatable bonds is 6. The summed E-state index contributed by atoms with van der Waals surface area (Å²) < 4.78 is 10.6. The van der Waals surface area contributed by atoms with Gasteiger partial charge in [-0.3, -0.25) is 14.9 Å². The molecule has 0 aliphatic carbocycles. The molecule has 1 aromatic heterocycles. The van der Waals surface area contributed by atoms with Gasteiger partial charge in [0.15, 0.2) is 6.61 Å². The first-order valence-corrected chi connectivity index (χ1v) is 10.3. The molecule has 10 heteroatoms. The number of carbonyl (C=O) groups is 2. The van der Waals surface area contributed by atoms with Crippen molar-refractivity contribution in [3.8, 4) is 0 Å². The van der Waals surface area contributed by atoms with Crippen LogP contribution in [0.25, 0.3) is 0 Å². The van der Waals surface area contributed by atoms with E-state index in [9.17, 15) is 19.7 Å². The Kier molecular flexibility index (Phi) is 6.23. The summed E-state index contributed by atoms with van der Waals surface area (Å²) in [6.45, 7) is 1.39. The number of halogens is 1. The summed E-state index contributed by atoms with van der Waals surface area (Å²) in [5.41, 5.74) is 2.34. The molecule has 2 aromatic carbocycles. The molecule has 3 aromatic rings. The van der Waals surface area contributed by atoms with Gasteiger partial charge in [0.25, 0.3) is 11.6 Å². The largest absolute Gasteiger partial charge is 0.467 e. The van der Waals surface area contributed by atoms with Crippen molar-refractivity contribution in [3.63, 3.8) is 0 Å². The van der Waals surface area contributed by atoms with Crippen molar-refractivity contribution >= 4 is 34.9 Å². The van der Waals surface area contributed by atoms with Crippen LogP contribution in [-0.2, 0) is 9.53 Å². The van der Waals surface area contributed by atoms with E-state index in [1.54, 1.807) is 12.1 Å². The molecule has 1 aliphatic heterocycles. The fraction of sp³-hybridized carbons (Fsp3) is 0.174. The number of nitrogens with zero attached hydrogens (tertiary/aromatic N) is 3. The minimum atomic E-state index is -0.875. The van der Waals surface area contributed by atoms with Gasteiger partial charge < -0.3 is 9.15 Å². The number of non-ortho nitro benzene ring substituents is 1. The van der Waals surface area contributed by atoms with Crippen LogP contribution >= 0.6 is 11.6 Å². The number of hydrogen-bond donors (Lipinski definition) is 0. The van der Waals surface area contributed by atoms with E-state index >= 15 is 0 Å². The number of benzene rings is 2. The maximum Gasteiger partial charge on any atom is 0.340 e. The first kappa shape index (κ1) is 22.2. The van der Waals surface area contributed by atoms with Gasteiger partial charge in [0.1, 0.15) is 11.8 Å². The van der Waals surface area contributed by atoms with Gasteiger partial charge in [0.05, 0.1) is 27.5 Å². The molecular formula is C23H18ClN3O6. The third kappa shape index (κ3) is 4.78. The summed E-state index contributed by atoms with van der Waals surface area (Å²) in [6.07, 6.45) is 1.95. The number of esters is 1. The Morgan fingerprint density at radius 3 is 2.64 bits per heavy atom. The molecule has 0 radical (unpaired) electrons. The first-order chi connectivity index (χ1) is 15.8. The lowest BCUT2D eigenvalue weighted by molar-refractivity contribution is -0.384. The zero-order valence-electron chi connectivity index (χ0n) is 17.4. The Balaban J connectivity index is 1.50. The molecule has 0 bridgehead atoms. The number of ether oxygens (including phenoxy) is 1. The molecule has 0 saturated carbocycles. The molecule has 33 heavy (non-hydrogen) atoms. The second-order valence-corrected chi connectivity index (χ2v) is 7.79. The smallest absolute Gasteiger partial charge is 0.340 e. The monoisotopic (exact) mass is 467 g/mol. The number of hydrogen-bond acceptors (Lipinski definition) is 7. The lowest BCUT2D eigenvalue weighted by Crippen LogP contribution is -2.31. The number of furan rings is 1. The van der Waals surface area contributed by atoms with E-state index in [1.165, 1.54) is 17.3 Å². The summed E-state index contributed by atoms with van der Waals surface area (Å²) in [7, 11) is 0. The van der Waals surface area contributed by atoms with Crippen molar-refractivity contribution in [3.05, 3.63) is 98.4 Å². The van der Waals surface area contributed by atoms with Gasteiger partial charge in [-0.2, -0.15) is 5.10 Å². The van der Waals surface area contributed by atoms with Crippen LogP contribution in [-0.4, -0.2) is 34.1 Å². The minimum absolute atomic E-state index is 0.0806. The van der Waals surface area contributed by atoms with Crippen molar-refractivity contribution in [1.29, 1.82) is 0 Å². The number of amides is 1. The second kappa shape index (κ2) is 9.25. The highest BCUT2D eigenvalue weighted by Crippen LogP contribution is 2.33. The zero-order chi connectivity index (χ0) is 23.5. The minimum Gasteiger partial charge on any atom is -0.467 e. The fourth-order valence-electron chi connectivity index (χ4n) is 3.42. The predicted octanol–water partition coefficient (Wildman–Crippen LogP) is 4.68. The van der Waals surface area contributed by atoms with Crippen molar-refractivity contribution in [1.82, 2.24) is 5.01 Å². The van der Waals surface area contributed by atoms with Crippen LogP contribution in [0.5, 0.6) is 0 Å². The summed E-state index contributed by atoms with van der Waals surface area (Å²) in [5, 5.41) is 16.4. The summed E-state index contributed by atoms with van der Waals surface area (Å²) in [5.74, 6) is -0.872. The molecular weight excluding hydrogens is 450 g/mol. The standard InChI is InChI=1S/C23H18ClN3O6/c1-14-4-6-15(7-5-14)19-12-20(21-3-2-10-32-21)26(25-19)22(28)13-33-23(29)17-9-8-16(27(30)31)11-18(17)24/h2-11,20H,12-13H2,1H3. The average Bonchev–Trinajstić information content (AvgIpc) is 3.47. The molecule has 0 N–H and O–H groups in total. The number of hydrazone groups is 1. The lowest BCUT2D eigenvalue weighted by Gasteiger charge is -2.19. The van der Waals surface area contributed by atoms with E-state index in [2.05, 4.69) is 5.10 Å². The number of aryl methyl sites for hydroxylation is 1. The first-order valence-electron chi connectivity index (χ1n) is 9.94. The molecule has 1 aliphatic rings. The Hall–Kier alpha value is -3.98. The van der Waals surface area contributed by atoms with Crippen LogP contribution in [0.2, 0.25) is 5.02 Å². The van der Waals surface area contributed by atoms with Gasteiger partial charge in [-0.1, -0.05) is 41.4 Å². The van der Waals surface area contributed by atoms with Crippen LogP contribution in [0.1, 0.15) is 39.7 Å². The Labute approximate surface area is 193 Å². The summed E-state index contributed by atoms with van der Waals surface area (Å²) in [4.78, 5) is 35.5. The Morgan fingerprint density at radius 1 is 1.24 bits per heavy atom. The highest BCUT2D eigenvalue weighted by atomic mass is 35.5. The van der Waals surface area contributed by atoms with Gasteiger partial charge in [-0.05, 0) is 30.7 Å². The quantitative estimate of drug-likeness (QED) is 0.295. The van der Waals surface area contributed by atoms with Crippen LogP contribution in [0, 0.1) is 17.0 Å². The number of nitro benzene ring substituents is 1. The predicted molar refractivity (Wildman–Crippen MR) is 119 cm³/mol. The molecule has 0 spiro atoms. The lowest BCUT2D eigenvalue weighted by atomic mass is 10.0. The molecule has 4 rings (SSSR count). The van der Waals surface area contributed by atoms with Gasteiger partial charge in [0, 0.05) is 18.6 Å². The average molecular weight is 468 g/mol. The topological polar surface area (TPSA) is 115 Å². The molecule has 9 nitrogen and oxygen atoms in total. The zero-order valence-corrected chi connectivity index (χ0v) is 18.2. The summed E-state index contributed by atoms with van der Waals surface area (Å²) >= 11 is 5.96. The SMILES string of the molecule is Cc1ccc(C2=NN(C(=O)COC(=O)c3ccc([N+](=O)[O-])cc3Cl)C(c3ccco3)C2)cc1. The molecule has 1 amide bonds. The van der Waals surface area contributed by atoms with Crippen molar-refractivity contribution in [2.75, 3.05) is 6.61 Å². The Morgan fingerprint density at radius 2 is 2.00 bits per heavy atom. The van der Waals surface area contributed by atoms with Crippen molar-refractivity contribution in [2.24, 2.45) is 5.10 Å². The van der Waals surface area contributed by atoms with Gasteiger partial charge in [0.2, 0.25) is 0 Å². The molecule has 1 atom stereocenters. The number of nitro groups is 1. The molecule has 2 heterocycles. The number of carbonyl (C=O) groups excluding carboxylic acids is 2. The maximum atomic E-state index is 12.9. The van der Waals surface area contributed by atoms with Crippen LogP contribution < -0.4 is 0 Å². The van der Waals surface area contributed by atoms with Crippen molar-refractivity contribution in [2.45, 2.75) is 19.4 Å². The molecule has 0 saturated heterocycles. The van der Waals surface area contributed by atoms with Crippen LogP contribution in [0.3, 0.4) is 0 Å². The molecule has 0 fully saturated rings. The fourth-order valence-corrected chi connectivity index (χ4v) is 3.67. The van der Waals surface area contributed by atoms with E-state index in [1.807, 2.05) is 31.2 Å². The van der Waals surface area contributed by atoms with Crippen LogP contribution in [0.15, 0.2) is 70.4 Å². The van der Waals surface area contributed by atoms with Gasteiger partial charge >= 0.3 is 5.97 Å². The van der Waals surface area contributed by atoms with Gasteiger partial charge in [-0.25, -0.2) is 9.80 Å². The maximum absolute atomic E-state index is 12.9. The van der Waals surface area contributed by atoms with E-state index in [4.69, 9.17) is 20.8 Å². The highest BCUT2D eigenvalue weighted by Gasteiger charge is 2.35. The van der Waals surface area contributed by atoms with Crippen molar-refractivity contribution < 1.29 is 23.7 Å². The molecule has 1 unspecified atom stereocenters. The second-order valence-electron chi connectivity index (χ2n) is 7.38. The summed E-state index contributed by atoms with van der Waals surface area (Å²) in [6, 6.07) is 14.1. The van der Waals surface area contributed by atoms with E-state index in [-0.39, 0.29) is 16.3 Å². The Bertz CT molecular complexity index is 1240. The highest BCUT2D eigenvalue weighted by molar-refractivity contribution is 6.33. The third-order valence-corrected chi connectivity index (χ3v) is 5.45. The van der Waals surface area contributed by atoms with Gasteiger partial charge in [-0.15, -0.1) is 0 Å². The third-order valence-electron chi connectivity index (χ3n) is 5.13. The van der Waals surface area contributed by atoms with Crippen LogP contribution in [0.4, 0.5) is 5.69 Å². The molecule has 168 valence electrons. The van der Waals surface area contributed by atoms with E-state index in [0.29, 0.717) is 17.9 Å². The van der Waals surface area contributed by atoms with E-state index < -0.39 is 29.4 Å². The van der Waals surface area contributed by atoms with E-state index in [0.717, 1.165) is 23.3 Å².